The van der Waals surface area contributed by atoms with E-state index in [-0.39, 0.29) is 5.41 Å². The molecule has 0 unspecified atom stereocenters. The van der Waals surface area contributed by atoms with Crippen molar-refractivity contribution in [1.29, 1.82) is 0 Å². The average molecular weight is 154 g/mol. The van der Waals surface area contributed by atoms with E-state index in [1.54, 1.807) is 0 Å². The summed E-state index contributed by atoms with van der Waals surface area (Å²) in [5, 5.41) is 0. The lowest BCUT2D eigenvalue weighted by molar-refractivity contribution is -0.113. The standard InChI is InChI=1S/C10H18O/c1-4-9(2,3)7-10(8-11)5-6-10/h8H,4-7H2,1-3H3. The number of aldehydes is 1. The average Bonchev–Trinajstić information content (AvgIpc) is 2.69. The van der Waals surface area contributed by atoms with Crippen LogP contribution >= 0.6 is 0 Å². The summed E-state index contributed by atoms with van der Waals surface area (Å²) in [5.74, 6) is 0. The molecule has 0 radical (unpaired) electrons. The van der Waals surface area contributed by atoms with Crippen molar-refractivity contribution in [1.82, 2.24) is 0 Å². The van der Waals surface area contributed by atoms with Crippen LogP contribution in [-0.2, 0) is 4.79 Å². The largest absolute Gasteiger partial charge is 0.303 e. The molecule has 0 aromatic heterocycles. The highest BCUT2D eigenvalue weighted by Gasteiger charge is 2.45. The predicted octanol–water partition coefficient (Wildman–Crippen LogP) is 2.79. The van der Waals surface area contributed by atoms with Crippen LogP contribution in [0.15, 0.2) is 0 Å². The van der Waals surface area contributed by atoms with Gasteiger partial charge in [-0.05, 0) is 24.7 Å². The number of hydrogen-bond donors (Lipinski definition) is 0. The molecule has 11 heavy (non-hydrogen) atoms. The van der Waals surface area contributed by atoms with Gasteiger partial charge in [0.15, 0.2) is 0 Å². The maximum Gasteiger partial charge on any atom is 0.126 e. The van der Waals surface area contributed by atoms with Crippen molar-refractivity contribution in [2.45, 2.75) is 46.5 Å². The van der Waals surface area contributed by atoms with Crippen molar-refractivity contribution in [2.75, 3.05) is 0 Å². The molecule has 1 heteroatoms. The molecule has 1 saturated carbocycles. The fourth-order valence-corrected chi connectivity index (χ4v) is 1.57. The van der Waals surface area contributed by atoms with Crippen molar-refractivity contribution in [2.24, 2.45) is 10.8 Å². The number of hydrogen-bond acceptors (Lipinski definition) is 1. The molecule has 64 valence electrons. The normalized spacial score (nSPS) is 21.4. The lowest BCUT2D eigenvalue weighted by atomic mass is 9.79. The Labute approximate surface area is 69.2 Å². The second-order valence-electron chi connectivity index (χ2n) is 4.67. The molecule has 0 heterocycles. The van der Waals surface area contributed by atoms with E-state index in [0.29, 0.717) is 5.41 Å². The van der Waals surface area contributed by atoms with Crippen molar-refractivity contribution in [3.63, 3.8) is 0 Å². The van der Waals surface area contributed by atoms with Crippen LogP contribution in [0.2, 0.25) is 0 Å². The molecular weight excluding hydrogens is 136 g/mol. The maximum absolute atomic E-state index is 10.7. The number of rotatable bonds is 4. The Hall–Kier alpha value is -0.330. The molecule has 1 aliphatic rings. The highest BCUT2D eigenvalue weighted by Crippen LogP contribution is 2.52. The Morgan fingerprint density at radius 2 is 2.00 bits per heavy atom. The molecule has 0 spiro atoms. The summed E-state index contributed by atoms with van der Waals surface area (Å²) in [7, 11) is 0. The SMILES string of the molecule is CCC(C)(C)CC1(C=O)CC1. The molecule has 0 saturated heterocycles. The molecule has 1 rings (SSSR count). The summed E-state index contributed by atoms with van der Waals surface area (Å²) >= 11 is 0. The Kier molecular flexibility index (Phi) is 2.08. The van der Waals surface area contributed by atoms with E-state index in [4.69, 9.17) is 0 Å². The van der Waals surface area contributed by atoms with Gasteiger partial charge >= 0.3 is 0 Å². The zero-order valence-corrected chi connectivity index (χ0v) is 7.81. The zero-order chi connectivity index (χ0) is 8.54. The van der Waals surface area contributed by atoms with Crippen LogP contribution < -0.4 is 0 Å². The first kappa shape index (κ1) is 8.76. The van der Waals surface area contributed by atoms with Gasteiger partial charge in [0.1, 0.15) is 6.29 Å². The fourth-order valence-electron chi connectivity index (χ4n) is 1.57. The van der Waals surface area contributed by atoms with Crippen molar-refractivity contribution in [3.8, 4) is 0 Å². The van der Waals surface area contributed by atoms with Gasteiger partial charge in [-0.2, -0.15) is 0 Å². The van der Waals surface area contributed by atoms with E-state index in [9.17, 15) is 4.79 Å². The van der Waals surface area contributed by atoms with E-state index in [2.05, 4.69) is 20.8 Å². The van der Waals surface area contributed by atoms with Gasteiger partial charge in [-0.25, -0.2) is 0 Å². The first-order valence-corrected chi connectivity index (χ1v) is 4.50. The van der Waals surface area contributed by atoms with Crippen LogP contribution in [0.3, 0.4) is 0 Å². The van der Waals surface area contributed by atoms with Gasteiger partial charge in [0.05, 0.1) is 0 Å². The Bertz CT molecular complexity index is 154. The molecule has 0 amide bonds. The van der Waals surface area contributed by atoms with Crippen LogP contribution in [0.1, 0.15) is 46.5 Å². The topological polar surface area (TPSA) is 17.1 Å². The van der Waals surface area contributed by atoms with E-state index in [0.717, 1.165) is 19.3 Å². The molecule has 1 aliphatic carbocycles. The summed E-state index contributed by atoms with van der Waals surface area (Å²) < 4.78 is 0. The van der Waals surface area contributed by atoms with E-state index in [1.807, 2.05) is 0 Å². The molecule has 0 N–H and O–H groups in total. The van der Waals surface area contributed by atoms with Gasteiger partial charge < -0.3 is 4.79 Å². The first-order chi connectivity index (χ1) is 5.04. The van der Waals surface area contributed by atoms with Crippen LogP contribution in [0, 0.1) is 10.8 Å². The van der Waals surface area contributed by atoms with Crippen LogP contribution in [0.5, 0.6) is 0 Å². The first-order valence-electron chi connectivity index (χ1n) is 4.50. The minimum atomic E-state index is 0.0967. The Morgan fingerprint density at radius 3 is 2.27 bits per heavy atom. The third-order valence-corrected chi connectivity index (χ3v) is 2.93. The van der Waals surface area contributed by atoms with Crippen molar-refractivity contribution < 1.29 is 4.79 Å². The van der Waals surface area contributed by atoms with Gasteiger partial charge in [0, 0.05) is 5.41 Å². The number of carbonyl (C=O) groups is 1. The van der Waals surface area contributed by atoms with Crippen molar-refractivity contribution in [3.05, 3.63) is 0 Å². The summed E-state index contributed by atoms with van der Waals surface area (Å²) in [6.45, 7) is 6.69. The molecule has 0 aromatic rings. The Morgan fingerprint density at radius 1 is 1.45 bits per heavy atom. The molecule has 0 aromatic carbocycles. The highest BCUT2D eigenvalue weighted by atomic mass is 16.1. The van der Waals surface area contributed by atoms with Crippen LogP contribution in [0.4, 0.5) is 0 Å². The minimum absolute atomic E-state index is 0.0967. The Balaban J connectivity index is 2.47. The lowest BCUT2D eigenvalue weighted by Gasteiger charge is -2.25. The van der Waals surface area contributed by atoms with Crippen LogP contribution in [-0.4, -0.2) is 6.29 Å². The second kappa shape index (κ2) is 2.62. The fraction of sp³-hybridized carbons (Fsp3) is 0.900. The quantitative estimate of drug-likeness (QED) is 0.569. The smallest absolute Gasteiger partial charge is 0.126 e. The lowest BCUT2D eigenvalue weighted by Crippen LogP contribution is -2.17. The van der Waals surface area contributed by atoms with Crippen molar-refractivity contribution >= 4 is 6.29 Å². The van der Waals surface area contributed by atoms with Gasteiger partial charge in [0.2, 0.25) is 0 Å². The predicted molar refractivity (Wildman–Crippen MR) is 46.4 cm³/mol. The van der Waals surface area contributed by atoms with Crippen LogP contribution in [0.25, 0.3) is 0 Å². The molecule has 0 atom stereocenters. The third-order valence-electron chi connectivity index (χ3n) is 2.93. The molecule has 1 nitrogen and oxygen atoms in total. The summed E-state index contributed by atoms with van der Waals surface area (Å²) in [6, 6.07) is 0. The van der Waals surface area contributed by atoms with Gasteiger partial charge in [-0.3, -0.25) is 0 Å². The third kappa shape index (κ3) is 2.05. The summed E-state index contributed by atoms with van der Waals surface area (Å²) in [6.07, 6.45) is 5.67. The highest BCUT2D eigenvalue weighted by molar-refractivity contribution is 5.63. The van der Waals surface area contributed by atoms with E-state index in [1.165, 1.54) is 12.7 Å². The van der Waals surface area contributed by atoms with Gasteiger partial charge in [-0.1, -0.05) is 27.2 Å². The zero-order valence-electron chi connectivity index (χ0n) is 7.81. The van der Waals surface area contributed by atoms with Gasteiger partial charge in [0.25, 0.3) is 0 Å². The summed E-state index contributed by atoms with van der Waals surface area (Å²) in [5.41, 5.74) is 0.455. The molecule has 1 fully saturated rings. The monoisotopic (exact) mass is 154 g/mol. The second-order valence-corrected chi connectivity index (χ2v) is 4.67. The maximum atomic E-state index is 10.7. The molecule has 0 aliphatic heterocycles. The summed E-state index contributed by atoms with van der Waals surface area (Å²) in [4.78, 5) is 10.7. The van der Waals surface area contributed by atoms with E-state index >= 15 is 0 Å². The van der Waals surface area contributed by atoms with E-state index < -0.39 is 0 Å². The number of carbonyl (C=O) groups excluding carboxylic acids is 1. The molecule has 0 bridgehead atoms. The molecular formula is C10H18O. The van der Waals surface area contributed by atoms with Gasteiger partial charge in [-0.15, -0.1) is 0 Å². The minimum Gasteiger partial charge on any atom is -0.303 e.